The molecule has 1 aliphatic heterocycles. The highest BCUT2D eigenvalue weighted by Gasteiger charge is 2.42. The van der Waals surface area contributed by atoms with E-state index in [1.807, 2.05) is 13.0 Å². The van der Waals surface area contributed by atoms with Gasteiger partial charge in [-0.15, -0.1) is 0 Å². The third kappa shape index (κ3) is 3.67. The van der Waals surface area contributed by atoms with Gasteiger partial charge in [0.25, 0.3) is 11.8 Å². The fourth-order valence-electron chi connectivity index (χ4n) is 3.18. The lowest BCUT2D eigenvalue weighted by Gasteiger charge is -2.22. The molecule has 27 heavy (non-hydrogen) atoms. The summed E-state index contributed by atoms with van der Waals surface area (Å²) >= 11 is 0. The molecular weight excluding hydrogens is 346 g/mol. The van der Waals surface area contributed by atoms with E-state index in [1.54, 1.807) is 31.2 Å². The van der Waals surface area contributed by atoms with E-state index in [-0.39, 0.29) is 18.4 Å². The summed E-state index contributed by atoms with van der Waals surface area (Å²) in [6.45, 7) is 3.97. The van der Waals surface area contributed by atoms with E-state index in [2.05, 4.69) is 10.3 Å². The van der Waals surface area contributed by atoms with Crippen molar-refractivity contribution in [2.75, 3.05) is 18.4 Å². The molecule has 0 bridgehead atoms. The first kappa shape index (κ1) is 18.6. The number of aromatic nitrogens is 1. The van der Waals surface area contributed by atoms with Gasteiger partial charge in [0.05, 0.1) is 16.7 Å². The van der Waals surface area contributed by atoms with Crippen molar-refractivity contribution in [2.45, 2.75) is 20.3 Å². The van der Waals surface area contributed by atoms with Crippen molar-refractivity contribution in [3.05, 3.63) is 59.4 Å². The van der Waals surface area contributed by atoms with Crippen LogP contribution >= 0.6 is 0 Å². The van der Waals surface area contributed by atoms with Gasteiger partial charge >= 0.3 is 5.97 Å². The number of nitrogens with zero attached hydrogens (tertiary/aromatic N) is 2. The number of rotatable bonds is 4. The van der Waals surface area contributed by atoms with Gasteiger partial charge in [0.2, 0.25) is 0 Å². The van der Waals surface area contributed by atoms with E-state index < -0.39 is 11.4 Å². The summed E-state index contributed by atoms with van der Waals surface area (Å²) in [6, 6.07) is 8.39. The predicted octanol–water partition coefficient (Wildman–Crippen LogP) is 2.58. The number of carbonyl (C=O) groups is 3. The molecule has 1 atom stereocenters. The maximum atomic E-state index is 13.0. The zero-order chi connectivity index (χ0) is 19.6. The summed E-state index contributed by atoms with van der Waals surface area (Å²) in [5, 5.41) is 12.2. The Hall–Kier alpha value is -3.22. The Morgan fingerprint density at radius 2 is 1.89 bits per heavy atom. The number of anilines is 1. The van der Waals surface area contributed by atoms with Crippen LogP contribution < -0.4 is 5.32 Å². The average Bonchev–Trinajstić information content (AvgIpc) is 3.07. The molecule has 1 aromatic heterocycles. The number of aryl methyl sites for hydroxylation is 1. The second-order valence-corrected chi connectivity index (χ2v) is 7.03. The molecular formula is C20H21N3O4. The Labute approximate surface area is 157 Å². The fraction of sp³-hybridized carbons (Fsp3) is 0.300. The maximum Gasteiger partial charge on any atom is 0.311 e. The minimum absolute atomic E-state index is 0.146. The second kappa shape index (κ2) is 7.19. The molecule has 3 rings (SSSR count). The minimum Gasteiger partial charge on any atom is -0.481 e. The third-order valence-corrected chi connectivity index (χ3v) is 4.96. The molecule has 140 valence electrons. The number of aliphatic carboxylic acids is 1. The van der Waals surface area contributed by atoms with Gasteiger partial charge in [0, 0.05) is 31.0 Å². The summed E-state index contributed by atoms with van der Waals surface area (Å²) in [5.41, 5.74) is 1.04. The number of likely N-dealkylation sites (tertiary alicyclic amines) is 1. The van der Waals surface area contributed by atoms with Gasteiger partial charge in [-0.25, -0.2) is 0 Å². The highest BCUT2D eigenvalue weighted by Crippen LogP contribution is 2.32. The van der Waals surface area contributed by atoms with Crippen molar-refractivity contribution >= 4 is 23.5 Å². The van der Waals surface area contributed by atoms with Gasteiger partial charge in [0.1, 0.15) is 0 Å². The van der Waals surface area contributed by atoms with Gasteiger partial charge in [-0.05, 0) is 44.0 Å². The number of carboxylic acid groups (broad SMARTS) is 1. The Bertz CT molecular complexity index is 897. The summed E-state index contributed by atoms with van der Waals surface area (Å²) < 4.78 is 0. The van der Waals surface area contributed by atoms with Crippen LogP contribution in [0.3, 0.4) is 0 Å². The average molecular weight is 367 g/mol. The number of nitrogens with one attached hydrogen (secondary N) is 1. The van der Waals surface area contributed by atoms with Crippen molar-refractivity contribution in [1.82, 2.24) is 9.88 Å². The zero-order valence-electron chi connectivity index (χ0n) is 15.2. The standard InChI is InChI=1S/C20H21N3O4/c1-13-4-3-5-15(16(13)22-17(24)14-6-9-21-10-7-14)18(25)23-11-8-20(2,12-23)19(26)27/h3-7,9-10H,8,11-12H2,1-2H3,(H,22,24)(H,26,27). The van der Waals surface area contributed by atoms with Crippen molar-refractivity contribution in [2.24, 2.45) is 5.41 Å². The summed E-state index contributed by atoms with van der Waals surface area (Å²) in [5.74, 6) is -1.53. The van der Waals surface area contributed by atoms with Crippen LogP contribution in [0.15, 0.2) is 42.7 Å². The molecule has 1 unspecified atom stereocenters. The van der Waals surface area contributed by atoms with Crippen molar-refractivity contribution < 1.29 is 19.5 Å². The first-order chi connectivity index (χ1) is 12.8. The van der Waals surface area contributed by atoms with Crippen LogP contribution in [0.25, 0.3) is 0 Å². The quantitative estimate of drug-likeness (QED) is 0.865. The van der Waals surface area contributed by atoms with Crippen molar-refractivity contribution in [3.8, 4) is 0 Å². The van der Waals surface area contributed by atoms with Gasteiger partial charge in [0.15, 0.2) is 0 Å². The molecule has 2 N–H and O–H groups in total. The van der Waals surface area contributed by atoms with Crippen LogP contribution in [0, 0.1) is 12.3 Å². The van der Waals surface area contributed by atoms with Gasteiger partial charge in [-0.1, -0.05) is 12.1 Å². The van der Waals surface area contributed by atoms with Crippen molar-refractivity contribution in [1.29, 1.82) is 0 Å². The van der Waals surface area contributed by atoms with Gasteiger partial charge in [-0.3, -0.25) is 19.4 Å². The number of para-hydroxylation sites is 1. The number of amides is 2. The third-order valence-electron chi connectivity index (χ3n) is 4.96. The van der Waals surface area contributed by atoms with Crippen LogP contribution in [-0.4, -0.2) is 45.9 Å². The Balaban J connectivity index is 1.87. The molecule has 7 heteroatoms. The maximum absolute atomic E-state index is 13.0. The van der Waals surface area contributed by atoms with Crippen LogP contribution in [-0.2, 0) is 4.79 Å². The summed E-state index contributed by atoms with van der Waals surface area (Å²) in [7, 11) is 0. The highest BCUT2D eigenvalue weighted by molar-refractivity contribution is 6.09. The Kier molecular flexibility index (Phi) is 4.94. The molecule has 0 aliphatic carbocycles. The number of hydrogen-bond donors (Lipinski definition) is 2. The number of carbonyl (C=O) groups excluding carboxylic acids is 2. The van der Waals surface area contributed by atoms with Crippen LogP contribution in [0.1, 0.15) is 39.6 Å². The zero-order valence-corrected chi connectivity index (χ0v) is 15.2. The van der Waals surface area contributed by atoms with Gasteiger partial charge < -0.3 is 15.3 Å². The van der Waals surface area contributed by atoms with E-state index in [9.17, 15) is 19.5 Å². The minimum atomic E-state index is -0.945. The van der Waals surface area contributed by atoms with E-state index >= 15 is 0 Å². The monoisotopic (exact) mass is 367 g/mol. The van der Waals surface area contributed by atoms with E-state index in [0.717, 1.165) is 5.56 Å². The predicted molar refractivity (Wildman–Crippen MR) is 99.6 cm³/mol. The Morgan fingerprint density at radius 3 is 2.52 bits per heavy atom. The topological polar surface area (TPSA) is 99.6 Å². The molecule has 2 heterocycles. The number of carboxylic acids is 1. The van der Waals surface area contributed by atoms with Crippen LogP contribution in [0.2, 0.25) is 0 Å². The SMILES string of the molecule is Cc1cccc(C(=O)N2CCC(C)(C(=O)O)C2)c1NC(=O)c1ccncc1. The smallest absolute Gasteiger partial charge is 0.311 e. The van der Waals surface area contributed by atoms with Crippen LogP contribution in [0.4, 0.5) is 5.69 Å². The first-order valence-corrected chi connectivity index (χ1v) is 8.65. The van der Waals surface area contributed by atoms with Gasteiger partial charge in [-0.2, -0.15) is 0 Å². The molecule has 0 saturated carbocycles. The van der Waals surface area contributed by atoms with Crippen molar-refractivity contribution in [3.63, 3.8) is 0 Å². The number of benzene rings is 1. The lowest BCUT2D eigenvalue weighted by Crippen LogP contribution is -2.35. The largest absolute Gasteiger partial charge is 0.481 e. The summed E-state index contributed by atoms with van der Waals surface area (Å²) in [4.78, 5) is 42.4. The Morgan fingerprint density at radius 1 is 1.19 bits per heavy atom. The molecule has 1 aromatic carbocycles. The second-order valence-electron chi connectivity index (χ2n) is 7.03. The fourth-order valence-corrected chi connectivity index (χ4v) is 3.18. The molecule has 1 fully saturated rings. The summed E-state index contributed by atoms with van der Waals surface area (Å²) in [6.07, 6.45) is 3.45. The molecule has 1 saturated heterocycles. The van der Waals surface area contributed by atoms with E-state index in [0.29, 0.717) is 29.8 Å². The number of pyridine rings is 1. The molecule has 0 radical (unpaired) electrons. The molecule has 1 aliphatic rings. The molecule has 0 spiro atoms. The first-order valence-electron chi connectivity index (χ1n) is 8.65. The molecule has 2 amide bonds. The molecule has 2 aromatic rings. The van der Waals surface area contributed by atoms with Crippen LogP contribution in [0.5, 0.6) is 0 Å². The highest BCUT2D eigenvalue weighted by atomic mass is 16.4. The van der Waals surface area contributed by atoms with E-state index in [1.165, 1.54) is 17.3 Å². The number of hydrogen-bond acceptors (Lipinski definition) is 4. The van der Waals surface area contributed by atoms with E-state index in [4.69, 9.17) is 0 Å². The lowest BCUT2D eigenvalue weighted by molar-refractivity contribution is -0.147. The molecule has 7 nitrogen and oxygen atoms in total. The normalized spacial score (nSPS) is 19.0. The lowest BCUT2D eigenvalue weighted by atomic mass is 9.90.